The van der Waals surface area contributed by atoms with Crippen molar-refractivity contribution in [3.8, 4) is 0 Å². The topological polar surface area (TPSA) is 59.3 Å². The summed E-state index contributed by atoms with van der Waals surface area (Å²) in [6, 6.07) is 11.0. The first kappa shape index (κ1) is 19.5. The van der Waals surface area contributed by atoms with Gasteiger partial charge in [0, 0.05) is 39.3 Å². The van der Waals surface area contributed by atoms with Crippen LogP contribution in [0.1, 0.15) is 50.0 Å². The lowest BCUT2D eigenvalue weighted by Gasteiger charge is -2.38. The Balaban J connectivity index is 1.38. The molecule has 28 heavy (non-hydrogen) atoms. The predicted molar refractivity (Wildman–Crippen MR) is 108 cm³/mol. The van der Waals surface area contributed by atoms with Crippen LogP contribution in [0, 0.1) is 0 Å². The van der Waals surface area contributed by atoms with E-state index in [1.165, 1.54) is 5.56 Å². The van der Waals surface area contributed by atoms with E-state index in [0.717, 1.165) is 77.4 Å². The average molecular weight is 385 g/mol. The van der Waals surface area contributed by atoms with E-state index in [-0.39, 0.29) is 6.10 Å². The summed E-state index contributed by atoms with van der Waals surface area (Å²) in [6.07, 6.45) is 4.72. The summed E-state index contributed by atoms with van der Waals surface area (Å²) in [7, 11) is 0. The van der Waals surface area contributed by atoms with Gasteiger partial charge >= 0.3 is 0 Å². The minimum absolute atomic E-state index is 0.257. The lowest BCUT2D eigenvalue weighted by Crippen LogP contribution is -2.47. The maximum absolute atomic E-state index is 5.80. The van der Waals surface area contributed by atoms with E-state index >= 15 is 0 Å². The molecule has 2 saturated heterocycles. The van der Waals surface area contributed by atoms with E-state index in [9.17, 15) is 0 Å². The third-order valence-corrected chi connectivity index (χ3v) is 5.92. The minimum atomic E-state index is 0.257. The molecule has 2 aromatic rings. The van der Waals surface area contributed by atoms with E-state index in [4.69, 9.17) is 4.74 Å². The molecule has 0 amide bonds. The number of tetrazole rings is 1. The highest BCUT2D eigenvalue weighted by atomic mass is 16.5. The molecule has 0 radical (unpaired) electrons. The zero-order valence-electron chi connectivity index (χ0n) is 16.9. The minimum Gasteiger partial charge on any atom is -0.376 e. The van der Waals surface area contributed by atoms with Crippen LogP contribution < -0.4 is 0 Å². The summed E-state index contributed by atoms with van der Waals surface area (Å²) in [5, 5.41) is 12.7. The highest BCUT2D eigenvalue weighted by molar-refractivity contribution is 5.14. The van der Waals surface area contributed by atoms with E-state index in [1.807, 2.05) is 4.68 Å². The van der Waals surface area contributed by atoms with Crippen LogP contribution >= 0.6 is 0 Å². The molecular weight excluding hydrogens is 352 g/mol. The van der Waals surface area contributed by atoms with Crippen molar-refractivity contribution in [2.45, 2.75) is 57.8 Å². The van der Waals surface area contributed by atoms with Gasteiger partial charge in [-0.2, -0.15) is 0 Å². The number of piperazine rings is 1. The highest BCUT2D eigenvalue weighted by Crippen LogP contribution is 2.26. The largest absolute Gasteiger partial charge is 0.376 e. The van der Waals surface area contributed by atoms with Crippen molar-refractivity contribution in [3.05, 3.63) is 41.7 Å². The number of hydrogen-bond acceptors (Lipinski definition) is 6. The third-order valence-electron chi connectivity index (χ3n) is 5.92. The van der Waals surface area contributed by atoms with Gasteiger partial charge in [-0.05, 0) is 35.3 Å². The molecule has 0 aliphatic carbocycles. The van der Waals surface area contributed by atoms with Crippen LogP contribution in [0.3, 0.4) is 0 Å². The first-order valence-corrected chi connectivity index (χ1v) is 10.7. The van der Waals surface area contributed by atoms with E-state index < -0.39 is 0 Å². The van der Waals surface area contributed by atoms with Crippen molar-refractivity contribution in [1.82, 2.24) is 30.0 Å². The maximum atomic E-state index is 5.80. The Morgan fingerprint density at radius 2 is 1.96 bits per heavy atom. The Hall–Kier alpha value is -1.83. The zero-order valence-corrected chi connectivity index (χ0v) is 16.9. The van der Waals surface area contributed by atoms with Crippen molar-refractivity contribution < 1.29 is 4.74 Å². The lowest BCUT2D eigenvalue weighted by molar-refractivity contribution is 0.0735. The summed E-state index contributed by atoms with van der Waals surface area (Å²) in [4.78, 5) is 5.12. The van der Waals surface area contributed by atoms with Crippen LogP contribution in [0.4, 0.5) is 0 Å². The molecule has 4 rings (SSSR count). The SMILES string of the molecule is CCC[C@H](c1nnnn1C[C@H]1CCCO1)N1CCN(Cc2ccccc2)CC1. The fourth-order valence-corrected chi connectivity index (χ4v) is 4.38. The smallest absolute Gasteiger partial charge is 0.168 e. The van der Waals surface area contributed by atoms with E-state index in [1.54, 1.807) is 0 Å². The first-order chi connectivity index (χ1) is 13.8. The summed E-state index contributed by atoms with van der Waals surface area (Å²) in [6.45, 7) is 9.20. The van der Waals surface area contributed by atoms with Crippen LogP contribution in [-0.2, 0) is 17.8 Å². The number of rotatable bonds is 8. The molecule has 7 nitrogen and oxygen atoms in total. The van der Waals surface area contributed by atoms with Gasteiger partial charge in [-0.1, -0.05) is 43.7 Å². The molecule has 0 bridgehead atoms. The number of nitrogens with zero attached hydrogens (tertiary/aromatic N) is 6. The van der Waals surface area contributed by atoms with Gasteiger partial charge in [0.2, 0.25) is 0 Å². The Morgan fingerprint density at radius 3 is 2.68 bits per heavy atom. The van der Waals surface area contributed by atoms with Crippen LogP contribution in [0.25, 0.3) is 0 Å². The second-order valence-electron chi connectivity index (χ2n) is 7.96. The van der Waals surface area contributed by atoms with Crippen molar-refractivity contribution in [2.75, 3.05) is 32.8 Å². The molecule has 0 unspecified atom stereocenters. The number of aromatic nitrogens is 4. The Labute approximate surface area is 167 Å². The molecule has 2 aliphatic rings. The van der Waals surface area contributed by atoms with Crippen molar-refractivity contribution in [3.63, 3.8) is 0 Å². The number of hydrogen-bond donors (Lipinski definition) is 0. The molecule has 0 N–H and O–H groups in total. The van der Waals surface area contributed by atoms with Gasteiger partial charge in [-0.3, -0.25) is 9.80 Å². The molecule has 3 heterocycles. The van der Waals surface area contributed by atoms with Crippen LogP contribution in [0.15, 0.2) is 30.3 Å². The second kappa shape index (κ2) is 9.58. The summed E-state index contributed by atoms with van der Waals surface area (Å²) >= 11 is 0. The van der Waals surface area contributed by atoms with Crippen LogP contribution in [0.5, 0.6) is 0 Å². The first-order valence-electron chi connectivity index (χ1n) is 10.7. The zero-order chi connectivity index (χ0) is 19.2. The van der Waals surface area contributed by atoms with Crippen LogP contribution in [-0.4, -0.2) is 68.9 Å². The Kier molecular flexibility index (Phi) is 6.67. The van der Waals surface area contributed by atoms with Crippen LogP contribution in [0.2, 0.25) is 0 Å². The monoisotopic (exact) mass is 384 g/mol. The fraction of sp³-hybridized carbons (Fsp3) is 0.667. The standard InChI is InChI=1S/C21H32N6O/c1-2-7-20(21-22-23-24-27(21)17-19-10-6-15-28-19)26-13-11-25(12-14-26)16-18-8-4-3-5-9-18/h3-5,8-9,19-20H,2,6-7,10-17H2,1H3/t19-,20-/m1/s1. The molecular formula is C21H32N6O. The van der Waals surface area contributed by atoms with Gasteiger partial charge in [-0.25, -0.2) is 4.68 Å². The van der Waals surface area contributed by atoms with Gasteiger partial charge in [0.1, 0.15) is 0 Å². The second-order valence-corrected chi connectivity index (χ2v) is 7.96. The molecule has 1 aromatic heterocycles. The molecule has 2 atom stereocenters. The highest BCUT2D eigenvalue weighted by Gasteiger charge is 2.29. The van der Waals surface area contributed by atoms with Gasteiger partial charge in [-0.15, -0.1) is 5.10 Å². The van der Waals surface area contributed by atoms with Gasteiger partial charge in [0.15, 0.2) is 5.82 Å². The normalized spacial score (nSPS) is 22.5. The molecule has 0 saturated carbocycles. The summed E-state index contributed by atoms with van der Waals surface area (Å²) in [5.41, 5.74) is 1.39. The van der Waals surface area contributed by atoms with Crippen molar-refractivity contribution >= 4 is 0 Å². The average Bonchev–Trinajstić information content (AvgIpc) is 3.40. The molecule has 7 heteroatoms. The summed E-state index contributed by atoms with van der Waals surface area (Å²) < 4.78 is 7.79. The predicted octanol–water partition coefficient (Wildman–Crippen LogP) is 2.51. The quantitative estimate of drug-likeness (QED) is 0.697. The van der Waals surface area contributed by atoms with Gasteiger partial charge < -0.3 is 4.74 Å². The molecule has 0 spiro atoms. The summed E-state index contributed by atoms with van der Waals surface area (Å²) in [5.74, 6) is 1.01. The fourth-order valence-electron chi connectivity index (χ4n) is 4.38. The van der Waals surface area contributed by atoms with E-state index in [0.29, 0.717) is 6.04 Å². The lowest BCUT2D eigenvalue weighted by atomic mass is 10.1. The molecule has 2 aliphatic heterocycles. The maximum Gasteiger partial charge on any atom is 0.168 e. The molecule has 2 fully saturated rings. The van der Waals surface area contributed by atoms with Crippen molar-refractivity contribution in [1.29, 1.82) is 0 Å². The third kappa shape index (κ3) is 4.77. The number of ether oxygens (including phenoxy) is 1. The number of benzene rings is 1. The Morgan fingerprint density at radius 1 is 1.14 bits per heavy atom. The van der Waals surface area contributed by atoms with Crippen molar-refractivity contribution in [2.24, 2.45) is 0 Å². The molecule has 1 aromatic carbocycles. The van der Waals surface area contributed by atoms with Gasteiger partial charge in [0.25, 0.3) is 0 Å². The molecule has 152 valence electrons. The van der Waals surface area contributed by atoms with E-state index in [2.05, 4.69) is 62.6 Å². The Bertz CT molecular complexity index is 707. The van der Waals surface area contributed by atoms with Gasteiger partial charge in [0.05, 0.1) is 18.7 Å².